The van der Waals surface area contributed by atoms with E-state index in [2.05, 4.69) is 10.3 Å². The summed E-state index contributed by atoms with van der Waals surface area (Å²) >= 11 is 5.81. The third-order valence-electron chi connectivity index (χ3n) is 5.29. The molecule has 8 nitrogen and oxygen atoms in total. The van der Waals surface area contributed by atoms with E-state index in [9.17, 15) is 13.2 Å². The molecule has 2 heterocycles. The summed E-state index contributed by atoms with van der Waals surface area (Å²) < 4.78 is 39.5. The second-order valence-corrected chi connectivity index (χ2v) is 9.66. The van der Waals surface area contributed by atoms with Crippen LogP contribution >= 0.6 is 11.6 Å². The number of pyridine rings is 1. The lowest BCUT2D eigenvalue weighted by Crippen LogP contribution is -2.29. The van der Waals surface area contributed by atoms with Crippen LogP contribution in [0.15, 0.2) is 65.7 Å². The Kier molecular flexibility index (Phi) is 6.76. The molecule has 176 valence electrons. The van der Waals surface area contributed by atoms with E-state index in [1.54, 1.807) is 30.3 Å². The van der Waals surface area contributed by atoms with Gasteiger partial charge in [0.15, 0.2) is 11.5 Å². The number of carbonyl (C=O) groups excluding carboxylic acids is 1. The van der Waals surface area contributed by atoms with Crippen molar-refractivity contribution in [2.24, 2.45) is 0 Å². The number of rotatable bonds is 7. The standard InChI is InChI=1S/C24H22ClN3O5S/c1-32-20-13-16(7-10-23(29)27-22-9-8-18(25)15-26-22)14-21(24(20)33-2)34(30,31)28-12-11-17-5-3-4-6-19(17)28/h3-10,13-15H,11-12H2,1-2H3,(H,26,27,29)/b10-7+. The van der Waals surface area contributed by atoms with E-state index in [1.807, 2.05) is 12.1 Å². The maximum absolute atomic E-state index is 13.7. The van der Waals surface area contributed by atoms with Crippen LogP contribution in [0, 0.1) is 0 Å². The molecule has 0 saturated heterocycles. The van der Waals surface area contributed by atoms with E-state index >= 15 is 0 Å². The Hall–Kier alpha value is -3.56. The number of anilines is 2. The first-order valence-electron chi connectivity index (χ1n) is 10.3. The minimum atomic E-state index is -3.97. The normalized spacial score (nSPS) is 13.1. The molecular weight excluding hydrogens is 478 g/mol. The number of nitrogens with zero attached hydrogens (tertiary/aromatic N) is 2. The Bertz CT molecular complexity index is 1360. The molecule has 0 fully saturated rings. The van der Waals surface area contributed by atoms with E-state index in [0.717, 1.165) is 5.56 Å². The Morgan fingerprint density at radius 3 is 2.65 bits per heavy atom. The second-order valence-electron chi connectivity index (χ2n) is 7.39. The smallest absolute Gasteiger partial charge is 0.268 e. The van der Waals surface area contributed by atoms with Gasteiger partial charge in [0, 0.05) is 18.8 Å². The molecule has 0 radical (unpaired) electrons. The number of hydrogen-bond acceptors (Lipinski definition) is 6. The molecule has 1 aromatic heterocycles. The number of amides is 1. The fourth-order valence-corrected chi connectivity index (χ4v) is 5.52. The van der Waals surface area contributed by atoms with Crippen LogP contribution in [0.5, 0.6) is 11.5 Å². The Morgan fingerprint density at radius 2 is 1.94 bits per heavy atom. The first-order valence-corrected chi connectivity index (χ1v) is 12.1. The average Bonchev–Trinajstić information content (AvgIpc) is 3.28. The molecule has 1 amide bonds. The monoisotopic (exact) mass is 499 g/mol. The van der Waals surface area contributed by atoms with Crippen LogP contribution in [-0.4, -0.2) is 40.1 Å². The summed E-state index contributed by atoms with van der Waals surface area (Å²) in [7, 11) is -1.16. The molecule has 0 atom stereocenters. The zero-order chi connectivity index (χ0) is 24.3. The number of hydrogen-bond donors (Lipinski definition) is 1. The highest BCUT2D eigenvalue weighted by Crippen LogP contribution is 2.40. The predicted molar refractivity (Wildman–Crippen MR) is 131 cm³/mol. The lowest BCUT2D eigenvalue weighted by molar-refractivity contribution is -0.111. The molecule has 0 aliphatic carbocycles. The lowest BCUT2D eigenvalue weighted by atomic mass is 10.2. The van der Waals surface area contributed by atoms with Crippen LogP contribution in [0.3, 0.4) is 0 Å². The van der Waals surface area contributed by atoms with Gasteiger partial charge in [-0.25, -0.2) is 13.4 Å². The van der Waals surface area contributed by atoms with E-state index in [1.165, 1.54) is 42.9 Å². The molecule has 0 bridgehead atoms. The predicted octanol–water partition coefficient (Wildman–Crippen LogP) is 4.16. The van der Waals surface area contributed by atoms with Crippen molar-refractivity contribution < 1.29 is 22.7 Å². The van der Waals surface area contributed by atoms with Crippen molar-refractivity contribution >= 4 is 45.1 Å². The maximum atomic E-state index is 13.7. The van der Waals surface area contributed by atoms with E-state index < -0.39 is 15.9 Å². The van der Waals surface area contributed by atoms with Gasteiger partial charge in [0.05, 0.1) is 24.9 Å². The first-order chi connectivity index (χ1) is 16.3. The molecule has 2 aromatic carbocycles. The number of halogens is 1. The quantitative estimate of drug-likeness (QED) is 0.490. The fourth-order valence-electron chi connectivity index (χ4n) is 3.70. The number of para-hydroxylation sites is 1. The molecule has 10 heteroatoms. The number of aromatic nitrogens is 1. The van der Waals surface area contributed by atoms with Crippen LogP contribution in [-0.2, 0) is 21.2 Å². The van der Waals surface area contributed by atoms with Crippen LogP contribution in [0.25, 0.3) is 6.08 Å². The highest BCUT2D eigenvalue weighted by Gasteiger charge is 2.34. The van der Waals surface area contributed by atoms with Crippen LogP contribution in [0.2, 0.25) is 5.02 Å². The average molecular weight is 500 g/mol. The van der Waals surface area contributed by atoms with Crippen LogP contribution in [0.4, 0.5) is 11.5 Å². The van der Waals surface area contributed by atoms with Crippen molar-refractivity contribution in [1.29, 1.82) is 0 Å². The first kappa shape index (κ1) is 23.6. The van der Waals surface area contributed by atoms with Gasteiger partial charge in [-0.1, -0.05) is 29.8 Å². The summed E-state index contributed by atoms with van der Waals surface area (Å²) in [4.78, 5) is 16.3. The van der Waals surface area contributed by atoms with Crippen molar-refractivity contribution in [2.75, 3.05) is 30.4 Å². The number of methoxy groups -OCH3 is 2. The number of fused-ring (bicyclic) bond motifs is 1. The van der Waals surface area contributed by atoms with Crippen molar-refractivity contribution in [3.05, 3.63) is 77.0 Å². The molecule has 0 spiro atoms. The van der Waals surface area contributed by atoms with Crippen molar-refractivity contribution in [3.8, 4) is 11.5 Å². The number of ether oxygens (including phenoxy) is 2. The highest BCUT2D eigenvalue weighted by atomic mass is 35.5. The van der Waals surface area contributed by atoms with Gasteiger partial charge in [-0.05, 0) is 54.0 Å². The summed E-state index contributed by atoms with van der Waals surface area (Å²) in [6.45, 7) is 0.323. The van der Waals surface area contributed by atoms with Gasteiger partial charge in [-0.15, -0.1) is 0 Å². The molecule has 1 aliphatic heterocycles. The fraction of sp³-hybridized carbons (Fsp3) is 0.167. The number of nitrogens with one attached hydrogen (secondary N) is 1. The zero-order valence-electron chi connectivity index (χ0n) is 18.5. The second kappa shape index (κ2) is 9.74. The minimum absolute atomic E-state index is 0.0505. The van der Waals surface area contributed by atoms with Crippen molar-refractivity contribution in [3.63, 3.8) is 0 Å². The SMILES string of the molecule is COc1cc(/C=C/C(=O)Nc2ccc(Cl)cn2)cc(S(=O)(=O)N2CCc3ccccc32)c1OC. The zero-order valence-corrected chi connectivity index (χ0v) is 20.1. The molecule has 3 aromatic rings. The molecule has 0 unspecified atom stereocenters. The van der Waals surface area contributed by atoms with Crippen molar-refractivity contribution in [2.45, 2.75) is 11.3 Å². The van der Waals surface area contributed by atoms with E-state index in [4.69, 9.17) is 21.1 Å². The highest BCUT2D eigenvalue weighted by molar-refractivity contribution is 7.93. The van der Waals surface area contributed by atoms with Gasteiger partial charge in [0.1, 0.15) is 10.7 Å². The summed E-state index contributed by atoms with van der Waals surface area (Å²) in [5.74, 6) is 0.221. The molecule has 1 N–H and O–H groups in total. The Morgan fingerprint density at radius 1 is 1.15 bits per heavy atom. The summed E-state index contributed by atoms with van der Waals surface area (Å²) in [6.07, 6.45) is 4.81. The largest absolute Gasteiger partial charge is 0.493 e. The van der Waals surface area contributed by atoms with Gasteiger partial charge in [-0.2, -0.15) is 0 Å². The summed E-state index contributed by atoms with van der Waals surface area (Å²) in [6, 6.07) is 13.6. The molecule has 0 saturated carbocycles. The number of benzene rings is 2. The van der Waals surface area contributed by atoms with E-state index in [0.29, 0.717) is 35.1 Å². The van der Waals surface area contributed by atoms with Gasteiger partial charge in [0.25, 0.3) is 10.0 Å². The van der Waals surface area contributed by atoms with Gasteiger partial charge >= 0.3 is 0 Å². The maximum Gasteiger partial charge on any atom is 0.268 e. The van der Waals surface area contributed by atoms with Gasteiger partial charge < -0.3 is 14.8 Å². The van der Waals surface area contributed by atoms with Crippen LogP contribution < -0.4 is 19.1 Å². The van der Waals surface area contributed by atoms with E-state index in [-0.39, 0.29) is 16.4 Å². The van der Waals surface area contributed by atoms with Gasteiger partial charge in [-0.3, -0.25) is 9.10 Å². The van der Waals surface area contributed by atoms with Crippen LogP contribution in [0.1, 0.15) is 11.1 Å². The lowest BCUT2D eigenvalue weighted by Gasteiger charge is -2.22. The van der Waals surface area contributed by atoms with Crippen molar-refractivity contribution in [1.82, 2.24) is 4.98 Å². The third-order valence-corrected chi connectivity index (χ3v) is 7.33. The number of sulfonamides is 1. The Labute approximate surface area is 202 Å². The van der Waals surface area contributed by atoms with Gasteiger partial charge in [0.2, 0.25) is 5.91 Å². The molecule has 4 rings (SSSR count). The third kappa shape index (κ3) is 4.71. The number of carbonyl (C=O) groups is 1. The topological polar surface area (TPSA) is 97.8 Å². The molecule has 34 heavy (non-hydrogen) atoms. The summed E-state index contributed by atoms with van der Waals surface area (Å²) in [5, 5.41) is 3.07. The minimum Gasteiger partial charge on any atom is -0.493 e. The summed E-state index contributed by atoms with van der Waals surface area (Å²) in [5.41, 5.74) is 2.04. The molecular formula is C24H22ClN3O5S. The molecule has 1 aliphatic rings. The Balaban J connectivity index is 1.68.